The minimum atomic E-state index is -0.241. The topological polar surface area (TPSA) is 18.5 Å². The predicted molar refractivity (Wildman–Crippen MR) is 225 cm³/mol. The number of hydrogen-bond donors (Lipinski definition) is 0. The monoisotopic (exact) mass is 710 g/mol. The Bertz CT molecular complexity index is 1660. The Hall–Kier alpha value is -2.66. The number of hydrogen-bond acceptors (Lipinski definition) is 2. The molecule has 0 aliphatic carbocycles. The first-order chi connectivity index (χ1) is 23.4. The zero-order valence-corrected chi connectivity index (χ0v) is 35.3. The normalized spacial score (nSPS) is 13.5. The van der Waals surface area contributed by atoms with Crippen LogP contribution in [0.15, 0.2) is 91.0 Å². The van der Waals surface area contributed by atoms with E-state index in [0.717, 1.165) is 37.2 Å². The lowest BCUT2D eigenvalue weighted by Gasteiger charge is -2.36. The van der Waals surface area contributed by atoms with Crippen LogP contribution in [0, 0.1) is 0 Å². The molecule has 0 aromatic heterocycles. The fraction of sp³-hybridized carbons (Fsp3) is 0.478. The Labute approximate surface area is 309 Å². The Morgan fingerprint density at radius 1 is 0.440 bits per heavy atom. The van der Waals surface area contributed by atoms with Gasteiger partial charge in [0.2, 0.25) is 0 Å². The molecule has 0 heterocycles. The van der Waals surface area contributed by atoms with Crippen molar-refractivity contribution in [2.45, 2.75) is 143 Å². The summed E-state index contributed by atoms with van der Waals surface area (Å²) in [6.45, 7) is 29.5. The molecular formula is C46H64O2P2. The molecule has 0 amide bonds. The van der Waals surface area contributed by atoms with E-state index in [1.54, 1.807) is 0 Å². The molecular weight excluding hydrogens is 646 g/mol. The van der Waals surface area contributed by atoms with Gasteiger partial charge >= 0.3 is 0 Å². The van der Waals surface area contributed by atoms with Gasteiger partial charge in [-0.3, -0.25) is 0 Å². The van der Waals surface area contributed by atoms with Crippen molar-refractivity contribution in [3.63, 3.8) is 0 Å². The maximum absolute atomic E-state index is 7.07. The molecule has 2 unspecified atom stereocenters. The highest BCUT2D eigenvalue weighted by Gasteiger charge is 2.33. The second-order valence-electron chi connectivity index (χ2n) is 17.0. The van der Waals surface area contributed by atoms with Crippen LogP contribution >= 0.6 is 17.2 Å². The van der Waals surface area contributed by atoms with Crippen LogP contribution in [-0.4, -0.2) is 10.7 Å². The molecule has 0 radical (unpaired) electrons. The number of benzene rings is 4. The fourth-order valence-electron chi connectivity index (χ4n) is 6.34. The molecule has 0 spiro atoms. The van der Waals surface area contributed by atoms with E-state index < -0.39 is 0 Å². The lowest BCUT2D eigenvalue weighted by molar-refractivity contribution is 0.150. The molecule has 2 nitrogen and oxygen atoms in total. The third-order valence-electron chi connectivity index (χ3n) is 10.1. The maximum Gasteiger partial charge on any atom is 0.128 e. The van der Waals surface area contributed by atoms with E-state index in [2.05, 4.69) is 181 Å². The van der Waals surface area contributed by atoms with Gasteiger partial charge in [-0.25, -0.2) is 0 Å². The molecule has 270 valence electrons. The third kappa shape index (κ3) is 10.0. The van der Waals surface area contributed by atoms with E-state index >= 15 is 0 Å². The van der Waals surface area contributed by atoms with Gasteiger partial charge < -0.3 is 9.47 Å². The standard InChI is InChI=1S/C46H64O2P2/c1-14-45(15-2,47-37-25-22-35(23-26-37)42(5,6)7)49-38-27-18-33(19-28-38)34-20-29-39(30-21-34)50-46(16-3,17-4)48-41-31-24-36(43(8,9)10)32-40(41)44(11,12)13/h18-32,49-50H,14-17H2,1-13H3. The quantitative estimate of drug-likeness (QED) is 0.129. The second kappa shape index (κ2) is 15.9. The van der Waals surface area contributed by atoms with Crippen LogP contribution in [0.2, 0.25) is 0 Å². The van der Waals surface area contributed by atoms with Crippen LogP contribution < -0.4 is 20.1 Å². The van der Waals surface area contributed by atoms with Crippen LogP contribution in [0.5, 0.6) is 11.5 Å². The van der Waals surface area contributed by atoms with Crippen molar-refractivity contribution in [2.24, 2.45) is 0 Å². The first kappa shape index (κ1) is 40.1. The summed E-state index contributed by atoms with van der Waals surface area (Å²) in [7, 11) is 1.12. The van der Waals surface area contributed by atoms with Crippen molar-refractivity contribution < 1.29 is 9.47 Å². The van der Waals surface area contributed by atoms with E-state index in [1.807, 2.05) is 0 Å². The average molecular weight is 711 g/mol. The highest BCUT2D eigenvalue weighted by atomic mass is 31.1. The molecule has 50 heavy (non-hydrogen) atoms. The van der Waals surface area contributed by atoms with E-state index in [0.29, 0.717) is 17.2 Å². The highest BCUT2D eigenvalue weighted by molar-refractivity contribution is 7.49. The second-order valence-corrected chi connectivity index (χ2v) is 20.5. The summed E-state index contributed by atoms with van der Waals surface area (Å²) in [6, 6.07) is 33.8. The lowest BCUT2D eigenvalue weighted by atomic mass is 9.80. The van der Waals surface area contributed by atoms with Crippen molar-refractivity contribution in [1.82, 2.24) is 0 Å². The Morgan fingerprint density at radius 3 is 1.22 bits per heavy atom. The summed E-state index contributed by atoms with van der Waals surface area (Å²) in [5.41, 5.74) is 6.68. The molecule has 0 fully saturated rings. The molecule has 0 N–H and O–H groups in total. The highest BCUT2D eigenvalue weighted by Crippen LogP contribution is 2.44. The van der Waals surface area contributed by atoms with Gasteiger partial charge in [0.05, 0.1) is 0 Å². The molecule has 0 aliphatic rings. The summed E-state index contributed by atoms with van der Waals surface area (Å²) in [4.78, 5) is 0. The van der Waals surface area contributed by atoms with E-state index in [9.17, 15) is 0 Å². The third-order valence-corrected chi connectivity index (χ3v) is 13.9. The minimum Gasteiger partial charge on any atom is -0.483 e. The van der Waals surface area contributed by atoms with Crippen molar-refractivity contribution in [3.05, 3.63) is 108 Å². The molecule has 4 aromatic rings. The molecule has 4 rings (SSSR count). The van der Waals surface area contributed by atoms with Crippen molar-refractivity contribution in [2.75, 3.05) is 0 Å². The molecule has 0 bridgehead atoms. The zero-order chi connectivity index (χ0) is 37.0. The van der Waals surface area contributed by atoms with Gasteiger partial charge in [-0.15, -0.1) is 0 Å². The predicted octanol–water partition coefficient (Wildman–Crippen LogP) is 13.0. The SMILES string of the molecule is CCC(CC)(Oc1ccc(C(C)(C)C)cc1)Pc1ccc(-c2ccc(PC(CC)(CC)Oc3ccc(C(C)(C)C)cc3C(C)(C)C)cc2)cc1. The van der Waals surface area contributed by atoms with Gasteiger partial charge in [0, 0.05) is 0 Å². The first-order valence-electron chi connectivity index (χ1n) is 18.8. The summed E-state index contributed by atoms with van der Waals surface area (Å²) in [5.74, 6) is 1.98. The Kier molecular flexibility index (Phi) is 12.8. The van der Waals surface area contributed by atoms with Crippen molar-refractivity contribution in [1.29, 1.82) is 0 Å². The fourth-order valence-corrected chi connectivity index (χ4v) is 9.10. The van der Waals surface area contributed by atoms with Crippen LogP contribution in [0.1, 0.15) is 132 Å². The van der Waals surface area contributed by atoms with Gasteiger partial charge in [-0.05, 0) is 116 Å². The van der Waals surface area contributed by atoms with E-state index in [1.165, 1.54) is 38.4 Å². The number of rotatable bonds is 13. The summed E-state index contributed by atoms with van der Waals surface area (Å²) < 4.78 is 13.8. The largest absolute Gasteiger partial charge is 0.483 e. The summed E-state index contributed by atoms with van der Waals surface area (Å²) in [6.07, 6.45) is 3.85. The molecule has 0 saturated carbocycles. The van der Waals surface area contributed by atoms with Gasteiger partial charge in [-0.2, -0.15) is 0 Å². The summed E-state index contributed by atoms with van der Waals surface area (Å²) in [5, 5.41) is 2.22. The minimum absolute atomic E-state index is 0.00934. The Morgan fingerprint density at radius 2 is 0.840 bits per heavy atom. The van der Waals surface area contributed by atoms with Crippen LogP contribution in [-0.2, 0) is 16.2 Å². The van der Waals surface area contributed by atoms with E-state index in [-0.39, 0.29) is 26.9 Å². The zero-order valence-electron chi connectivity index (χ0n) is 33.3. The maximum atomic E-state index is 7.07. The molecule has 4 heteroatoms. The van der Waals surface area contributed by atoms with Crippen molar-refractivity contribution >= 4 is 27.8 Å². The summed E-state index contributed by atoms with van der Waals surface area (Å²) >= 11 is 0. The first-order valence-corrected chi connectivity index (χ1v) is 20.8. The average Bonchev–Trinajstić information content (AvgIpc) is 3.07. The van der Waals surface area contributed by atoms with Gasteiger partial charge in [0.15, 0.2) is 0 Å². The van der Waals surface area contributed by atoms with Gasteiger partial charge in [0.1, 0.15) is 22.2 Å². The van der Waals surface area contributed by atoms with Crippen LogP contribution in [0.3, 0.4) is 0 Å². The molecule has 0 aliphatic heterocycles. The number of ether oxygens (including phenoxy) is 2. The van der Waals surface area contributed by atoms with E-state index in [4.69, 9.17) is 9.47 Å². The van der Waals surface area contributed by atoms with Gasteiger partial charge in [0.25, 0.3) is 0 Å². The smallest absolute Gasteiger partial charge is 0.128 e. The van der Waals surface area contributed by atoms with Crippen molar-refractivity contribution in [3.8, 4) is 22.6 Å². The van der Waals surface area contributed by atoms with Crippen LogP contribution in [0.4, 0.5) is 0 Å². The Balaban J connectivity index is 1.49. The lowest BCUT2D eigenvalue weighted by Crippen LogP contribution is -2.32. The molecule has 0 saturated heterocycles. The van der Waals surface area contributed by atoms with Gasteiger partial charge in [-0.1, -0.05) is 163 Å². The van der Waals surface area contributed by atoms with Crippen LogP contribution in [0.25, 0.3) is 11.1 Å². The molecule has 4 aromatic carbocycles. The molecule has 2 atom stereocenters.